The molecule has 1 heterocycles. The van der Waals surface area contributed by atoms with E-state index in [4.69, 9.17) is 26.4 Å². The van der Waals surface area contributed by atoms with Gasteiger partial charge in [0.1, 0.15) is 10.1 Å². The van der Waals surface area contributed by atoms with E-state index in [9.17, 15) is 9.59 Å². The Balaban J connectivity index is 1.87. The average Bonchev–Trinajstić information content (AvgIpc) is 3.00. The Kier molecular flexibility index (Phi) is 6.57. The number of carbonyl (C=O) groups is 2. The fraction of sp³-hybridized carbons (Fsp3) is 0.105. The summed E-state index contributed by atoms with van der Waals surface area (Å²) in [7, 11) is 3.04. The molecule has 1 aliphatic heterocycles. The molecule has 0 aromatic heterocycles. The van der Waals surface area contributed by atoms with Crippen LogP contribution in [0.25, 0.3) is 6.08 Å². The standard InChI is InChI=1S/C19H14INO5S2/c1-24-12-5-3-11(4-6-12)18(23)26-16-13(20)7-10(8-14(16)25-2)9-15-17(22)21-19(27)28-15/h3-9H,1-2H3,(H,21,22,27)/b15-9-. The lowest BCUT2D eigenvalue weighted by Crippen LogP contribution is -2.17. The van der Waals surface area contributed by atoms with Gasteiger partial charge in [-0.15, -0.1) is 0 Å². The number of thiocarbonyl (C=S) groups is 1. The Morgan fingerprint density at radius 1 is 1.18 bits per heavy atom. The summed E-state index contributed by atoms with van der Waals surface area (Å²) in [6.45, 7) is 0. The second-order valence-electron chi connectivity index (χ2n) is 5.50. The molecule has 2 aromatic rings. The van der Waals surface area contributed by atoms with E-state index in [1.54, 1.807) is 49.6 Å². The van der Waals surface area contributed by atoms with Gasteiger partial charge < -0.3 is 19.5 Å². The summed E-state index contributed by atoms with van der Waals surface area (Å²) in [5, 5.41) is 2.57. The molecule has 0 unspecified atom stereocenters. The van der Waals surface area contributed by atoms with Crippen molar-refractivity contribution in [3.8, 4) is 17.2 Å². The molecule has 0 spiro atoms. The molecule has 6 nitrogen and oxygen atoms in total. The minimum Gasteiger partial charge on any atom is -0.497 e. The molecule has 2 aromatic carbocycles. The predicted octanol–water partition coefficient (Wildman–Crippen LogP) is 4.02. The molecule has 1 aliphatic rings. The normalized spacial score (nSPS) is 14.8. The van der Waals surface area contributed by atoms with E-state index in [1.807, 2.05) is 0 Å². The van der Waals surface area contributed by atoms with Crippen LogP contribution in [-0.2, 0) is 4.79 Å². The number of benzene rings is 2. The van der Waals surface area contributed by atoms with Crippen LogP contribution in [-0.4, -0.2) is 30.4 Å². The highest BCUT2D eigenvalue weighted by Crippen LogP contribution is 2.36. The highest BCUT2D eigenvalue weighted by molar-refractivity contribution is 14.1. The van der Waals surface area contributed by atoms with Gasteiger partial charge in [0, 0.05) is 0 Å². The largest absolute Gasteiger partial charge is 0.497 e. The van der Waals surface area contributed by atoms with Crippen molar-refractivity contribution in [2.45, 2.75) is 0 Å². The van der Waals surface area contributed by atoms with Crippen molar-refractivity contribution in [3.63, 3.8) is 0 Å². The van der Waals surface area contributed by atoms with Crippen LogP contribution in [0.15, 0.2) is 41.3 Å². The van der Waals surface area contributed by atoms with Crippen molar-refractivity contribution in [3.05, 3.63) is 56.0 Å². The maximum absolute atomic E-state index is 12.5. The number of nitrogens with one attached hydrogen (secondary N) is 1. The Hall–Kier alpha value is -2.11. The Morgan fingerprint density at radius 2 is 1.89 bits per heavy atom. The monoisotopic (exact) mass is 527 g/mol. The van der Waals surface area contributed by atoms with Gasteiger partial charge in [0.05, 0.1) is 28.3 Å². The summed E-state index contributed by atoms with van der Waals surface area (Å²) >= 11 is 8.24. The zero-order valence-corrected chi connectivity index (χ0v) is 18.6. The molecular formula is C19H14INO5S2. The minimum atomic E-state index is -0.513. The Bertz CT molecular complexity index is 989. The van der Waals surface area contributed by atoms with E-state index in [2.05, 4.69) is 27.9 Å². The third-order valence-corrected chi connectivity index (χ3v) is 5.68. The highest BCUT2D eigenvalue weighted by Gasteiger charge is 2.23. The van der Waals surface area contributed by atoms with Crippen molar-refractivity contribution in [1.29, 1.82) is 0 Å². The van der Waals surface area contributed by atoms with Gasteiger partial charge in [0.15, 0.2) is 11.5 Å². The van der Waals surface area contributed by atoms with Gasteiger partial charge in [0.2, 0.25) is 0 Å². The Morgan fingerprint density at radius 3 is 2.46 bits per heavy atom. The topological polar surface area (TPSA) is 73.9 Å². The second kappa shape index (κ2) is 8.93. The molecule has 0 aliphatic carbocycles. The van der Waals surface area contributed by atoms with Gasteiger partial charge in [-0.3, -0.25) is 4.79 Å². The first-order chi connectivity index (χ1) is 13.4. The molecule has 0 saturated carbocycles. The van der Waals surface area contributed by atoms with E-state index >= 15 is 0 Å². The van der Waals surface area contributed by atoms with E-state index < -0.39 is 5.97 Å². The fourth-order valence-electron chi connectivity index (χ4n) is 2.37. The first-order valence-corrected chi connectivity index (χ1v) is 10.2. The molecular weight excluding hydrogens is 513 g/mol. The van der Waals surface area contributed by atoms with Gasteiger partial charge in [-0.05, 0) is 70.6 Å². The molecule has 1 amide bonds. The highest BCUT2D eigenvalue weighted by atomic mass is 127. The minimum absolute atomic E-state index is 0.237. The molecule has 1 fully saturated rings. The van der Waals surface area contributed by atoms with Crippen LogP contribution >= 0.6 is 46.6 Å². The average molecular weight is 527 g/mol. The number of hydrogen-bond acceptors (Lipinski definition) is 7. The number of rotatable bonds is 5. The van der Waals surface area contributed by atoms with Crippen LogP contribution < -0.4 is 19.5 Å². The summed E-state index contributed by atoms with van der Waals surface area (Å²) in [6.07, 6.45) is 1.71. The van der Waals surface area contributed by atoms with Crippen LogP contribution in [0.5, 0.6) is 17.2 Å². The molecule has 3 rings (SSSR count). The molecule has 9 heteroatoms. The molecule has 1 N–H and O–H groups in total. The number of amides is 1. The number of methoxy groups -OCH3 is 2. The first kappa shape index (κ1) is 20.6. The van der Waals surface area contributed by atoms with Gasteiger partial charge in [-0.2, -0.15) is 0 Å². The fourth-order valence-corrected chi connectivity index (χ4v) is 4.15. The van der Waals surface area contributed by atoms with Gasteiger partial charge in [-0.25, -0.2) is 4.79 Å². The summed E-state index contributed by atoms with van der Waals surface area (Å²) in [4.78, 5) is 24.8. The van der Waals surface area contributed by atoms with E-state index in [0.717, 1.165) is 5.56 Å². The number of ether oxygens (including phenoxy) is 3. The van der Waals surface area contributed by atoms with Crippen molar-refractivity contribution < 1.29 is 23.8 Å². The number of halogens is 1. The van der Waals surface area contributed by atoms with Crippen molar-refractivity contribution in [1.82, 2.24) is 5.32 Å². The lowest BCUT2D eigenvalue weighted by molar-refractivity contribution is -0.115. The van der Waals surface area contributed by atoms with Crippen molar-refractivity contribution in [2.75, 3.05) is 14.2 Å². The quantitative estimate of drug-likeness (QED) is 0.207. The van der Waals surface area contributed by atoms with Crippen LogP contribution in [0.4, 0.5) is 0 Å². The third kappa shape index (κ3) is 4.65. The van der Waals surface area contributed by atoms with E-state index in [1.165, 1.54) is 18.9 Å². The van der Waals surface area contributed by atoms with Crippen LogP contribution in [0.3, 0.4) is 0 Å². The zero-order chi connectivity index (χ0) is 20.3. The smallest absolute Gasteiger partial charge is 0.343 e. The molecule has 0 radical (unpaired) electrons. The van der Waals surface area contributed by atoms with E-state index in [0.29, 0.717) is 35.6 Å². The van der Waals surface area contributed by atoms with Crippen LogP contribution in [0.2, 0.25) is 0 Å². The number of esters is 1. The lowest BCUT2D eigenvalue weighted by atomic mass is 10.1. The zero-order valence-electron chi connectivity index (χ0n) is 14.8. The molecule has 28 heavy (non-hydrogen) atoms. The third-order valence-electron chi connectivity index (χ3n) is 3.71. The maximum atomic E-state index is 12.5. The van der Waals surface area contributed by atoms with Crippen molar-refractivity contribution >= 4 is 68.8 Å². The summed E-state index contributed by atoms with van der Waals surface area (Å²) in [5.41, 5.74) is 1.12. The Labute approximate surface area is 184 Å². The van der Waals surface area contributed by atoms with Crippen LogP contribution in [0.1, 0.15) is 15.9 Å². The molecule has 0 atom stereocenters. The maximum Gasteiger partial charge on any atom is 0.343 e. The number of hydrogen-bond donors (Lipinski definition) is 1. The SMILES string of the molecule is COc1ccc(C(=O)Oc2c(I)cc(/C=C3\SC(=S)NC3=O)cc2OC)cc1. The van der Waals surface area contributed by atoms with Crippen LogP contribution in [0, 0.1) is 3.57 Å². The summed E-state index contributed by atoms with van der Waals surface area (Å²) < 4.78 is 17.1. The van der Waals surface area contributed by atoms with E-state index in [-0.39, 0.29) is 5.91 Å². The van der Waals surface area contributed by atoms with Gasteiger partial charge >= 0.3 is 5.97 Å². The first-order valence-electron chi connectivity index (χ1n) is 7.90. The number of thioether (sulfide) groups is 1. The summed E-state index contributed by atoms with van der Waals surface area (Å²) in [6, 6.07) is 10.1. The van der Waals surface area contributed by atoms with Gasteiger partial charge in [-0.1, -0.05) is 24.0 Å². The number of carbonyl (C=O) groups excluding carboxylic acids is 2. The molecule has 1 saturated heterocycles. The second-order valence-corrected chi connectivity index (χ2v) is 8.39. The summed E-state index contributed by atoms with van der Waals surface area (Å²) in [5.74, 6) is 0.589. The van der Waals surface area contributed by atoms with Crippen molar-refractivity contribution in [2.24, 2.45) is 0 Å². The van der Waals surface area contributed by atoms with Gasteiger partial charge in [0.25, 0.3) is 5.91 Å². The lowest BCUT2D eigenvalue weighted by Gasteiger charge is -2.12. The molecule has 144 valence electrons. The predicted molar refractivity (Wildman–Crippen MR) is 120 cm³/mol. The molecule has 0 bridgehead atoms.